The SMILES string of the molecule is Clc1ccc(-n2cccc2CNCC2CCCO2)cc1. The summed E-state index contributed by atoms with van der Waals surface area (Å²) in [7, 11) is 0. The van der Waals surface area contributed by atoms with Crippen LogP contribution in [-0.2, 0) is 11.3 Å². The van der Waals surface area contributed by atoms with Gasteiger partial charge in [-0.25, -0.2) is 0 Å². The number of hydrogen-bond acceptors (Lipinski definition) is 2. The van der Waals surface area contributed by atoms with Crippen molar-refractivity contribution >= 4 is 11.6 Å². The van der Waals surface area contributed by atoms with Gasteiger partial charge in [0.05, 0.1) is 6.10 Å². The van der Waals surface area contributed by atoms with Gasteiger partial charge in [-0.05, 0) is 49.2 Å². The molecule has 0 amide bonds. The molecule has 1 saturated heterocycles. The molecule has 1 aliphatic rings. The van der Waals surface area contributed by atoms with Gasteiger partial charge in [0.25, 0.3) is 0 Å². The first-order chi connectivity index (χ1) is 9.83. The molecule has 0 spiro atoms. The van der Waals surface area contributed by atoms with Crippen molar-refractivity contribution in [2.45, 2.75) is 25.5 Å². The van der Waals surface area contributed by atoms with Gasteiger partial charge in [-0.1, -0.05) is 11.6 Å². The van der Waals surface area contributed by atoms with Crippen LogP contribution in [-0.4, -0.2) is 23.8 Å². The number of nitrogens with zero attached hydrogens (tertiary/aromatic N) is 1. The molecular weight excluding hydrogens is 272 g/mol. The molecule has 4 heteroatoms. The van der Waals surface area contributed by atoms with E-state index in [0.717, 1.165) is 30.4 Å². The molecule has 0 aliphatic carbocycles. The second-order valence-electron chi connectivity index (χ2n) is 5.11. The van der Waals surface area contributed by atoms with Gasteiger partial charge >= 0.3 is 0 Å². The predicted octanol–water partition coefficient (Wildman–Crippen LogP) is 3.40. The van der Waals surface area contributed by atoms with Crippen molar-refractivity contribution in [3.05, 3.63) is 53.3 Å². The number of halogens is 1. The van der Waals surface area contributed by atoms with Crippen molar-refractivity contribution in [3.8, 4) is 5.69 Å². The molecule has 1 N–H and O–H groups in total. The molecular formula is C16H19ClN2O. The van der Waals surface area contributed by atoms with E-state index in [1.165, 1.54) is 18.5 Å². The zero-order valence-electron chi connectivity index (χ0n) is 11.4. The summed E-state index contributed by atoms with van der Waals surface area (Å²) in [6.07, 6.45) is 4.82. The Bertz CT molecular complexity index is 544. The van der Waals surface area contributed by atoms with E-state index in [1.807, 2.05) is 24.3 Å². The Morgan fingerprint density at radius 2 is 2.10 bits per heavy atom. The maximum absolute atomic E-state index is 5.93. The predicted molar refractivity (Wildman–Crippen MR) is 81.5 cm³/mol. The summed E-state index contributed by atoms with van der Waals surface area (Å²) in [5.41, 5.74) is 2.37. The maximum Gasteiger partial charge on any atom is 0.0700 e. The number of aromatic nitrogens is 1. The Morgan fingerprint density at radius 3 is 2.85 bits per heavy atom. The lowest BCUT2D eigenvalue weighted by atomic mass is 10.2. The first-order valence-electron chi connectivity index (χ1n) is 7.07. The third-order valence-electron chi connectivity index (χ3n) is 3.64. The van der Waals surface area contributed by atoms with Crippen molar-refractivity contribution < 1.29 is 4.74 Å². The van der Waals surface area contributed by atoms with E-state index in [2.05, 4.69) is 28.2 Å². The zero-order valence-corrected chi connectivity index (χ0v) is 12.1. The van der Waals surface area contributed by atoms with E-state index < -0.39 is 0 Å². The average molecular weight is 291 g/mol. The molecule has 1 atom stereocenters. The monoisotopic (exact) mass is 290 g/mol. The van der Waals surface area contributed by atoms with Crippen LogP contribution in [0.1, 0.15) is 18.5 Å². The van der Waals surface area contributed by atoms with Crippen molar-refractivity contribution in [2.75, 3.05) is 13.2 Å². The summed E-state index contributed by atoms with van der Waals surface area (Å²) in [6.45, 7) is 2.68. The fourth-order valence-corrected chi connectivity index (χ4v) is 2.71. The highest BCUT2D eigenvalue weighted by Crippen LogP contribution is 2.16. The fraction of sp³-hybridized carbons (Fsp3) is 0.375. The molecule has 1 aromatic heterocycles. The standard InChI is InChI=1S/C16H19ClN2O/c17-13-5-7-14(8-6-13)19-9-1-3-15(19)11-18-12-16-4-2-10-20-16/h1,3,5-9,16,18H,2,4,10-12H2. The number of benzene rings is 1. The molecule has 106 valence electrons. The van der Waals surface area contributed by atoms with Crippen molar-refractivity contribution in [3.63, 3.8) is 0 Å². The van der Waals surface area contributed by atoms with E-state index in [-0.39, 0.29) is 0 Å². The lowest BCUT2D eigenvalue weighted by Gasteiger charge is -2.13. The number of nitrogens with one attached hydrogen (secondary N) is 1. The van der Waals surface area contributed by atoms with E-state index in [9.17, 15) is 0 Å². The van der Waals surface area contributed by atoms with Gasteiger partial charge in [-0.2, -0.15) is 0 Å². The molecule has 2 aromatic rings. The Labute approximate surface area is 124 Å². The number of rotatable bonds is 5. The Morgan fingerprint density at radius 1 is 1.25 bits per heavy atom. The van der Waals surface area contributed by atoms with Crippen LogP contribution < -0.4 is 5.32 Å². The summed E-state index contributed by atoms with van der Waals surface area (Å²) in [4.78, 5) is 0. The normalized spacial score (nSPS) is 18.6. The van der Waals surface area contributed by atoms with Gasteiger partial charge in [0, 0.05) is 42.3 Å². The van der Waals surface area contributed by atoms with Gasteiger partial charge in [-0.3, -0.25) is 0 Å². The smallest absolute Gasteiger partial charge is 0.0700 e. The Hall–Kier alpha value is -1.29. The van der Waals surface area contributed by atoms with Crippen molar-refractivity contribution in [2.24, 2.45) is 0 Å². The van der Waals surface area contributed by atoms with Crippen LogP contribution in [0.2, 0.25) is 5.02 Å². The van der Waals surface area contributed by atoms with Crippen LogP contribution >= 0.6 is 11.6 Å². The largest absolute Gasteiger partial charge is 0.377 e. The third kappa shape index (κ3) is 3.23. The van der Waals surface area contributed by atoms with Crippen LogP contribution in [0.15, 0.2) is 42.6 Å². The molecule has 20 heavy (non-hydrogen) atoms. The van der Waals surface area contributed by atoms with E-state index in [4.69, 9.17) is 16.3 Å². The molecule has 1 fully saturated rings. The average Bonchev–Trinajstić information content (AvgIpc) is 3.11. The number of ether oxygens (including phenoxy) is 1. The summed E-state index contributed by atoms with van der Waals surface area (Å²) in [6, 6.07) is 12.1. The molecule has 0 bridgehead atoms. The highest BCUT2D eigenvalue weighted by atomic mass is 35.5. The van der Waals surface area contributed by atoms with E-state index in [0.29, 0.717) is 6.10 Å². The minimum absolute atomic E-state index is 0.383. The zero-order chi connectivity index (χ0) is 13.8. The lowest BCUT2D eigenvalue weighted by Crippen LogP contribution is -2.26. The molecule has 3 rings (SSSR count). The van der Waals surface area contributed by atoms with E-state index >= 15 is 0 Å². The third-order valence-corrected chi connectivity index (χ3v) is 3.89. The summed E-state index contributed by atoms with van der Waals surface area (Å²) in [5.74, 6) is 0. The summed E-state index contributed by atoms with van der Waals surface area (Å²) >= 11 is 5.93. The van der Waals surface area contributed by atoms with Crippen molar-refractivity contribution in [1.29, 1.82) is 0 Å². The first-order valence-corrected chi connectivity index (χ1v) is 7.45. The van der Waals surface area contributed by atoms with E-state index in [1.54, 1.807) is 0 Å². The summed E-state index contributed by atoms with van der Waals surface area (Å²) < 4.78 is 7.80. The van der Waals surface area contributed by atoms with Crippen molar-refractivity contribution in [1.82, 2.24) is 9.88 Å². The molecule has 1 unspecified atom stereocenters. The van der Waals surface area contributed by atoms with Crippen LogP contribution in [0.4, 0.5) is 0 Å². The molecule has 0 radical (unpaired) electrons. The van der Waals surface area contributed by atoms with Crippen LogP contribution in [0.25, 0.3) is 5.69 Å². The lowest BCUT2D eigenvalue weighted by molar-refractivity contribution is 0.110. The van der Waals surface area contributed by atoms with Crippen LogP contribution in [0.3, 0.4) is 0 Å². The quantitative estimate of drug-likeness (QED) is 0.913. The highest BCUT2D eigenvalue weighted by Gasteiger charge is 2.14. The highest BCUT2D eigenvalue weighted by molar-refractivity contribution is 6.30. The second-order valence-corrected chi connectivity index (χ2v) is 5.55. The topological polar surface area (TPSA) is 26.2 Å². The molecule has 3 nitrogen and oxygen atoms in total. The Kier molecular flexibility index (Phi) is 4.41. The van der Waals surface area contributed by atoms with Gasteiger partial charge in [0.2, 0.25) is 0 Å². The van der Waals surface area contributed by atoms with Gasteiger partial charge in [-0.15, -0.1) is 0 Å². The van der Waals surface area contributed by atoms with Gasteiger partial charge in [0.1, 0.15) is 0 Å². The first kappa shape index (κ1) is 13.7. The molecule has 1 aromatic carbocycles. The Balaban J connectivity index is 1.62. The molecule has 0 saturated carbocycles. The minimum Gasteiger partial charge on any atom is -0.377 e. The van der Waals surface area contributed by atoms with Crippen LogP contribution in [0.5, 0.6) is 0 Å². The fourth-order valence-electron chi connectivity index (χ4n) is 2.58. The van der Waals surface area contributed by atoms with Gasteiger partial charge in [0.15, 0.2) is 0 Å². The summed E-state index contributed by atoms with van der Waals surface area (Å²) in [5, 5.41) is 4.24. The molecule has 1 aliphatic heterocycles. The molecule has 2 heterocycles. The van der Waals surface area contributed by atoms with Crippen LogP contribution in [0, 0.1) is 0 Å². The minimum atomic E-state index is 0.383. The van der Waals surface area contributed by atoms with Gasteiger partial charge < -0.3 is 14.6 Å². The second kappa shape index (κ2) is 6.44. The number of hydrogen-bond donors (Lipinski definition) is 1. The maximum atomic E-state index is 5.93.